The third-order valence-electron chi connectivity index (χ3n) is 3.93. The minimum atomic E-state index is -0.0705. The van der Waals surface area contributed by atoms with Crippen LogP contribution in [-0.2, 0) is 23.6 Å². The van der Waals surface area contributed by atoms with Crippen LogP contribution >= 0.6 is 23.1 Å². The van der Waals surface area contributed by atoms with Gasteiger partial charge in [0.05, 0.1) is 17.3 Å². The number of benzene rings is 2. The molecule has 2 aromatic carbocycles. The van der Waals surface area contributed by atoms with Crippen molar-refractivity contribution in [1.29, 1.82) is 0 Å². The van der Waals surface area contributed by atoms with Crippen molar-refractivity contribution in [3.05, 3.63) is 81.3 Å². The van der Waals surface area contributed by atoms with Gasteiger partial charge in [0.1, 0.15) is 0 Å². The van der Waals surface area contributed by atoms with Gasteiger partial charge in [-0.3, -0.25) is 4.79 Å². The Morgan fingerprint density at radius 3 is 2.67 bits per heavy atom. The Morgan fingerprint density at radius 2 is 1.96 bits per heavy atom. The van der Waals surface area contributed by atoms with Crippen LogP contribution in [0, 0.1) is 6.92 Å². The molecule has 140 valence electrons. The van der Waals surface area contributed by atoms with Crippen LogP contribution in [0.4, 0.5) is 0 Å². The summed E-state index contributed by atoms with van der Waals surface area (Å²) in [4.78, 5) is 18.0. The van der Waals surface area contributed by atoms with Gasteiger partial charge in [0.2, 0.25) is 0 Å². The Balaban J connectivity index is 1.52. The number of carbonyl (C=O) groups excluding carboxylic acids is 1. The lowest BCUT2D eigenvalue weighted by Crippen LogP contribution is -2.22. The van der Waals surface area contributed by atoms with Crippen molar-refractivity contribution in [3.8, 4) is 0 Å². The highest BCUT2D eigenvalue weighted by molar-refractivity contribution is 7.98. The lowest BCUT2D eigenvalue weighted by Gasteiger charge is -2.08. The van der Waals surface area contributed by atoms with E-state index in [-0.39, 0.29) is 5.91 Å². The van der Waals surface area contributed by atoms with Crippen LogP contribution in [0.15, 0.2) is 58.8 Å². The number of hydrogen-bond donors (Lipinski definition) is 1. The maximum Gasteiger partial charge on any atom is 0.251 e. The standard InChI is InChI=1S/C21H22N2O2S2/c1-15-23-19(13-26-15)14-27-20-8-6-18(7-9-20)21(24)22-11-16-4-3-5-17(10-16)12-25-2/h3-10,13H,11-12,14H2,1-2H3,(H,22,24). The molecule has 1 heterocycles. The molecule has 27 heavy (non-hydrogen) atoms. The predicted molar refractivity (Wildman–Crippen MR) is 111 cm³/mol. The van der Waals surface area contributed by atoms with Crippen molar-refractivity contribution in [2.45, 2.75) is 30.7 Å². The molecule has 0 saturated carbocycles. The van der Waals surface area contributed by atoms with Crippen molar-refractivity contribution in [2.24, 2.45) is 0 Å². The summed E-state index contributed by atoms with van der Waals surface area (Å²) in [5.41, 5.74) is 3.92. The maximum atomic E-state index is 12.4. The molecule has 0 fully saturated rings. The quantitative estimate of drug-likeness (QED) is 0.553. The first-order chi connectivity index (χ1) is 13.1. The van der Waals surface area contributed by atoms with Crippen LogP contribution in [0.2, 0.25) is 0 Å². The molecule has 4 nitrogen and oxygen atoms in total. The lowest BCUT2D eigenvalue weighted by molar-refractivity contribution is 0.0951. The van der Waals surface area contributed by atoms with E-state index in [4.69, 9.17) is 4.74 Å². The van der Waals surface area contributed by atoms with Crippen LogP contribution in [0.25, 0.3) is 0 Å². The molecule has 1 amide bonds. The second-order valence-corrected chi connectivity index (χ2v) is 8.22. The molecule has 3 rings (SSSR count). The first-order valence-electron chi connectivity index (χ1n) is 8.63. The number of thiazole rings is 1. The van der Waals surface area contributed by atoms with E-state index in [1.54, 1.807) is 30.2 Å². The molecule has 0 unspecified atom stereocenters. The summed E-state index contributed by atoms with van der Waals surface area (Å²) < 4.78 is 5.15. The number of nitrogens with zero attached hydrogens (tertiary/aromatic N) is 1. The van der Waals surface area contributed by atoms with Crippen LogP contribution in [0.1, 0.15) is 32.2 Å². The van der Waals surface area contributed by atoms with E-state index in [1.165, 1.54) is 0 Å². The summed E-state index contributed by atoms with van der Waals surface area (Å²) in [5, 5.41) is 6.15. The van der Waals surface area contributed by atoms with E-state index in [9.17, 15) is 4.79 Å². The van der Waals surface area contributed by atoms with Gasteiger partial charge in [0.15, 0.2) is 0 Å². The Kier molecular flexibility index (Phi) is 7.04. The van der Waals surface area contributed by atoms with Gasteiger partial charge in [0, 0.05) is 35.2 Å². The van der Waals surface area contributed by atoms with Crippen molar-refractivity contribution >= 4 is 29.0 Å². The second kappa shape index (κ2) is 9.69. The van der Waals surface area contributed by atoms with E-state index in [2.05, 4.69) is 15.7 Å². The maximum absolute atomic E-state index is 12.4. The van der Waals surface area contributed by atoms with Gasteiger partial charge in [-0.25, -0.2) is 4.98 Å². The van der Waals surface area contributed by atoms with Crippen molar-refractivity contribution < 1.29 is 9.53 Å². The van der Waals surface area contributed by atoms with Gasteiger partial charge in [-0.1, -0.05) is 24.3 Å². The summed E-state index contributed by atoms with van der Waals surface area (Å²) in [6.07, 6.45) is 0. The van der Waals surface area contributed by atoms with Crippen molar-refractivity contribution in [2.75, 3.05) is 7.11 Å². The van der Waals surface area contributed by atoms with Crippen LogP contribution in [-0.4, -0.2) is 18.0 Å². The van der Waals surface area contributed by atoms with Gasteiger partial charge in [-0.05, 0) is 42.3 Å². The van der Waals surface area contributed by atoms with Crippen molar-refractivity contribution in [1.82, 2.24) is 10.3 Å². The third kappa shape index (κ3) is 5.92. The first-order valence-corrected chi connectivity index (χ1v) is 10.5. The van der Waals surface area contributed by atoms with E-state index in [1.807, 2.05) is 55.5 Å². The Hall–Kier alpha value is -2.15. The number of nitrogens with one attached hydrogen (secondary N) is 1. The number of carbonyl (C=O) groups is 1. The smallest absolute Gasteiger partial charge is 0.251 e. The highest BCUT2D eigenvalue weighted by Gasteiger charge is 2.06. The number of aryl methyl sites for hydroxylation is 1. The number of methoxy groups -OCH3 is 1. The normalized spacial score (nSPS) is 10.7. The number of ether oxygens (including phenoxy) is 1. The summed E-state index contributed by atoms with van der Waals surface area (Å²) >= 11 is 3.39. The molecule has 0 saturated heterocycles. The van der Waals surface area contributed by atoms with Gasteiger partial charge in [-0.15, -0.1) is 23.1 Å². The Morgan fingerprint density at radius 1 is 1.19 bits per heavy atom. The zero-order valence-electron chi connectivity index (χ0n) is 15.4. The largest absolute Gasteiger partial charge is 0.380 e. The molecule has 0 aliphatic heterocycles. The summed E-state index contributed by atoms with van der Waals surface area (Å²) in [5.74, 6) is 0.770. The molecule has 0 aliphatic rings. The average molecular weight is 399 g/mol. The molecule has 6 heteroatoms. The van der Waals surface area contributed by atoms with Gasteiger partial charge < -0.3 is 10.1 Å². The van der Waals surface area contributed by atoms with Crippen molar-refractivity contribution in [3.63, 3.8) is 0 Å². The summed E-state index contributed by atoms with van der Waals surface area (Å²) in [6.45, 7) is 3.08. The van der Waals surface area contributed by atoms with E-state index < -0.39 is 0 Å². The zero-order chi connectivity index (χ0) is 19.1. The van der Waals surface area contributed by atoms with Gasteiger partial charge >= 0.3 is 0 Å². The SMILES string of the molecule is COCc1cccc(CNC(=O)c2ccc(SCc3csc(C)n3)cc2)c1. The number of aromatic nitrogens is 1. The topological polar surface area (TPSA) is 51.2 Å². The molecule has 1 N–H and O–H groups in total. The minimum Gasteiger partial charge on any atom is -0.380 e. The molecule has 0 aliphatic carbocycles. The van der Waals surface area contributed by atoms with E-state index >= 15 is 0 Å². The molecular weight excluding hydrogens is 376 g/mol. The summed E-state index contributed by atoms with van der Waals surface area (Å²) in [6, 6.07) is 15.7. The van der Waals surface area contributed by atoms with E-state index in [0.717, 1.165) is 32.5 Å². The molecule has 3 aromatic rings. The number of amides is 1. The fourth-order valence-corrected chi connectivity index (χ4v) is 4.12. The highest BCUT2D eigenvalue weighted by Crippen LogP contribution is 2.23. The molecular formula is C21H22N2O2S2. The predicted octanol–water partition coefficient (Wildman–Crippen LogP) is 4.82. The number of thioether (sulfide) groups is 1. The molecule has 0 bridgehead atoms. The molecule has 0 radical (unpaired) electrons. The fraction of sp³-hybridized carbons (Fsp3) is 0.238. The van der Waals surface area contributed by atoms with Gasteiger partial charge in [0.25, 0.3) is 5.91 Å². The highest BCUT2D eigenvalue weighted by atomic mass is 32.2. The lowest BCUT2D eigenvalue weighted by atomic mass is 10.1. The third-order valence-corrected chi connectivity index (χ3v) is 5.79. The summed E-state index contributed by atoms with van der Waals surface area (Å²) in [7, 11) is 1.67. The minimum absolute atomic E-state index is 0.0705. The van der Waals surface area contributed by atoms with Crippen LogP contribution in [0.3, 0.4) is 0 Å². The fourth-order valence-electron chi connectivity index (χ4n) is 2.61. The van der Waals surface area contributed by atoms with Crippen LogP contribution in [0.5, 0.6) is 0 Å². The Labute approximate surface area is 168 Å². The zero-order valence-corrected chi connectivity index (χ0v) is 17.0. The van der Waals surface area contributed by atoms with Crippen LogP contribution < -0.4 is 5.32 Å². The van der Waals surface area contributed by atoms with E-state index in [0.29, 0.717) is 18.7 Å². The molecule has 0 atom stereocenters. The number of rotatable bonds is 8. The Bertz CT molecular complexity index is 891. The number of hydrogen-bond acceptors (Lipinski definition) is 5. The second-order valence-electron chi connectivity index (χ2n) is 6.11. The first kappa shape index (κ1) is 19.6. The molecule has 0 spiro atoms. The average Bonchev–Trinajstić information content (AvgIpc) is 3.11. The molecule has 1 aromatic heterocycles. The van der Waals surface area contributed by atoms with Gasteiger partial charge in [-0.2, -0.15) is 0 Å². The monoisotopic (exact) mass is 398 g/mol.